The molecule has 0 radical (unpaired) electrons. The van der Waals surface area contributed by atoms with Crippen LogP contribution in [-0.2, 0) is 14.3 Å². The largest absolute Gasteiger partial charge is 0.466 e. The summed E-state index contributed by atoms with van der Waals surface area (Å²) in [6.07, 6.45) is 1.13. The van der Waals surface area contributed by atoms with Crippen molar-refractivity contribution in [2.24, 2.45) is 5.73 Å². The van der Waals surface area contributed by atoms with Crippen LogP contribution in [0.25, 0.3) is 0 Å². The highest BCUT2D eigenvalue weighted by Gasteiger charge is 2.32. The van der Waals surface area contributed by atoms with Crippen LogP contribution in [0.2, 0.25) is 0 Å². The molecule has 1 atom stereocenters. The number of likely N-dealkylation sites (tertiary alicyclic amines) is 1. The lowest BCUT2D eigenvalue weighted by Crippen LogP contribution is -2.55. The molecule has 0 saturated carbocycles. The highest BCUT2D eigenvalue weighted by Crippen LogP contribution is 2.16. The molecule has 5 heteroatoms. The van der Waals surface area contributed by atoms with Crippen molar-refractivity contribution in [3.63, 3.8) is 0 Å². The fraction of sp³-hybridized carbons (Fsp3) is 0.778. The van der Waals surface area contributed by atoms with Crippen LogP contribution >= 0.6 is 0 Å². The maximum absolute atomic E-state index is 11.0. The van der Waals surface area contributed by atoms with Gasteiger partial charge in [-0.05, 0) is 13.3 Å². The molecule has 5 nitrogen and oxygen atoms in total. The van der Waals surface area contributed by atoms with Crippen LogP contribution in [0.5, 0.6) is 0 Å². The Morgan fingerprint density at radius 1 is 1.57 bits per heavy atom. The zero-order valence-corrected chi connectivity index (χ0v) is 8.36. The monoisotopic (exact) mass is 200 g/mol. The molecule has 0 aromatic heterocycles. The molecule has 0 aromatic rings. The Morgan fingerprint density at radius 2 is 2.29 bits per heavy atom. The zero-order valence-electron chi connectivity index (χ0n) is 8.36. The summed E-state index contributed by atoms with van der Waals surface area (Å²) in [5.41, 5.74) is 5.16. The second kappa shape index (κ2) is 4.95. The van der Waals surface area contributed by atoms with Crippen molar-refractivity contribution >= 4 is 11.9 Å². The van der Waals surface area contributed by atoms with E-state index in [0.717, 1.165) is 13.0 Å². The Balaban J connectivity index is 2.19. The lowest BCUT2D eigenvalue weighted by molar-refractivity contribution is -0.144. The number of primary amides is 1. The van der Waals surface area contributed by atoms with E-state index in [9.17, 15) is 9.59 Å². The molecule has 1 heterocycles. The van der Waals surface area contributed by atoms with Crippen molar-refractivity contribution < 1.29 is 14.3 Å². The molecular formula is C9H16N2O3. The van der Waals surface area contributed by atoms with Crippen LogP contribution < -0.4 is 5.73 Å². The Bertz CT molecular complexity index is 230. The number of esters is 1. The van der Waals surface area contributed by atoms with E-state index in [2.05, 4.69) is 0 Å². The summed E-state index contributed by atoms with van der Waals surface area (Å²) >= 11 is 0. The van der Waals surface area contributed by atoms with Gasteiger partial charge in [0.05, 0.1) is 19.1 Å². The third-order valence-electron chi connectivity index (χ3n) is 2.37. The van der Waals surface area contributed by atoms with Gasteiger partial charge in [-0.3, -0.25) is 14.5 Å². The quantitative estimate of drug-likeness (QED) is 0.607. The third-order valence-corrected chi connectivity index (χ3v) is 2.37. The molecule has 1 amide bonds. The number of nitrogens with zero attached hydrogens (tertiary/aromatic N) is 1. The molecule has 1 saturated heterocycles. The van der Waals surface area contributed by atoms with Crippen LogP contribution in [0.3, 0.4) is 0 Å². The number of hydrogen-bond donors (Lipinski definition) is 1. The van der Waals surface area contributed by atoms with Gasteiger partial charge in [0.15, 0.2) is 0 Å². The van der Waals surface area contributed by atoms with Gasteiger partial charge in [-0.15, -0.1) is 0 Å². The molecule has 0 aliphatic carbocycles. The Labute approximate surface area is 83.2 Å². The van der Waals surface area contributed by atoms with Crippen LogP contribution in [0.1, 0.15) is 19.8 Å². The SMILES string of the molecule is CCOC(=O)CCN1CCC1C(N)=O. The van der Waals surface area contributed by atoms with Crippen molar-refractivity contribution in [3.8, 4) is 0 Å². The Kier molecular flexibility index (Phi) is 3.88. The van der Waals surface area contributed by atoms with E-state index in [1.165, 1.54) is 0 Å². The maximum Gasteiger partial charge on any atom is 0.307 e. The topological polar surface area (TPSA) is 72.6 Å². The van der Waals surface area contributed by atoms with Crippen LogP contribution in [-0.4, -0.2) is 42.5 Å². The van der Waals surface area contributed by atoms with Gasteiger partial charge in [0.2, 0.25) is 5.91 Å². The first-order valence-electron chi connectivity index (χ1n) is 4.84. The first-order valence-corrected chi connectivity index (χ1v) is 4.84. The lowest BCUT2D eigenvalue weighted by Gasteiger charge is -2.38. The summed E-state index contributed by atoms with van der Waals surface area (Å²) in [6.45, 7) is 3.57. The van der Waals surface area contributed by atoms with E-state index in [0.29, 0.717) is 19.6 Å². The summed E-state index contributed by atoms with van der Waals surface area (Å²) in [5.74, 6) is -0.525. The zero-order chi connectivity index (χ0) is 10.6. The number of hydrogen-bond acceptors (Lipinski definition) is 4. The number of amides is 1. The minimum absolute atomic E-state index is 0.176. The molecule has 1 aliphatic rings. The maximum atomic E-state index is 11.0. The highest BCUT2D eigenvalue weighted by atomic mass is 16.5. The second-order valence-electron chi connectivity index (χ2n) is 3.30. The van der Waals surface area contributed by atoms with Crippen LogP contribution in [0, 0.1) is 0 Å². The number of rotatable bonds is 5. The van der Waals surface area contributed by atoms with Crippen molar-refractivity contribution in [1.82, 2.24) is 4.90 Å². The predicted octanol–water partition coefficient (Wildman–Crippen LogP) is -0.501. The summed E-state index contributed by atoms with van der Waals surface area (Å²) in [4.78, 5) is 23.7. The summed E-state index contributed by atoms with van der Waals surface area (Å²) in [5, 5.41) is 0. The molecule has 1 aliphatic heterocycles. The van der Waals surface area contributed by atoms with Crippen molar-refractivity contribution in [1.29, 1.82) is 0 Å². The Morgan fingerprint density at radius 3 is 2.71 bits per heavy atom. The summed E-state index contributed by atoms with van der Waals surface area (Å²) in [6, 6.07) is -0.176. The molecule has 0 bridgehead atoms. The van der Waals surface area contributed by atoms with E-state index in [1.54, 1.807) is 6.92 Å². The third kappa shape index (κ3) is 2.70. The number of carbonyl (C=O) groups is 2. The van der Waals surface area contributed by atoms with E-state index in [-0.39, 0.29) is 17.9 Å². The first-order chi connectivity index (χ1) is 6.65. The Hall–Kier alpha value is -1.10. The van der Waals surface area contributed by atoms with Gasteiger partial charge in [0.25, 0.3) is 0 Å². The first kappa shape index (κ1) is 11.0. The normalized spacial score (nSPS) is 21.4. The predicted molar refractivity (Wildman–Crippen MR) is 50.4 cm³/mol. The molecular weight excluding hydrogens is 184 g/mol. The smallest absolute Gasteiger partial charge is 0.307 e. The van der Waals surface area contributed by atoms with Gasteiger partial charge in [0, 0.05) is 13.1 Å². The number of ether oxygens (including phenoxy) is 1. The summed E-state index contributed by atoms with van der Waals surface area (Å²) in [7, 11) is 0. The van der Waals surface area contributed by atoms with Crippen LogP contribution in [0.4, 0.5) is 0 Å². The van der Waals surface area contributed by atoms with Crippen molar-refractivity contribution in [2.75, 3.05) is 19.7 Å². The fourth-order valence-electron chi connectivity index (χ4n) is 1.50. The number of carbonyl (C=O) groups excluding carboxylic acids is 2. The minimum atomic E-state index is -0.305. The number of nitrogens with two attached hydrogens (primary N) is 1. The average Bonchev–Trinajstić information content (AvgIpc) is 2.01. The van der Waals surface area contributed by atoms with Gasteiger partial charge in [0.1, 0.15) is 0 Å². The van der Waals surface area contributed by atoms with Gasteiger partial charge < -0.3 is 10.5 Å². The summed E-state index contributed by atoms with van der Waals surface area (Å²) < 4.78 is 4.77. The van der Waals surface area contributed by atoms with E-state index >= 15 is 0 Å². The molecule has 0 spiro atoms. The van der Waals surface area contributed by atoms with E-state index in [4.69, 9.17) is 10.5 Å². The fourth-order valence-corrected chi connectivity index (χ4v) is 1.50. The van der Waals surface area contributed by atoms with Gasteiger partial charge in [-0.25, -0.2) is 0 Å². The average molecular weight is 200 g/mol. The molecule has 1 unspecified atom stereocenters. The van der Waals surface area contributed by atoms with E-state index < -0.39 is 0 Å². The molecule has 2 N–H and O–H groups in total. The molecule has 80 valence electrons. The van der Waals surface area contributed by atoms with Gasteiger partial charge in [-0.2, -0.15) is 0 Å². The molecule has 0 aromatic carbocycles. The van der Waals surface area contributed by atoms with Gasteiger partial charge >= 0.3 is 5.97 Å². The minimum Gasteiger partial charge on any atom is -0.466 e. The van der Waals surface area contributed by atoms with Crippen molar-refractivity contribution in [3.05, 3.63) is 0 Å². The van der Waals surface area contributed by atoms with Crippen molar-refractivity contribution in [2.45, 2.75) is 25.8 Å². The standard InChI is InChI=1S/C9H16N2O3/c1-2-14-8(12)4-6-11-5-3-7(11)9(10)13/h7H,2-6H2,1H3,(H2,10,13). The molecule has 14 heavy (non-hydrogen) atoms. The van der Waals surface area contributed by atoms with E-state index in [1.807, 2.05) is 4.90 Å². The van der Waals surface area contributed by atoms with Gasteiger partial charge in [-0.1, -0.05) is 0 Å². The lowest BCUT2D eigenvalue weighted by atomic mass is 10.0. The highest BCUT2D eigenvalue weighted by molar-refractivity contribution is 5.80. The second-order valence-corrected chi connectivity index (χ2v) is 3.30. The molecule has 1 rings (SSSR count). The van der Waals surface area contributed by atoms with Crippen LogP contribution in [0.15, 0.2) is 0 Å². The molecule has 1 fully saturated rings.